The Kier molecular flexibility index (Phi) is 9.55. The first kappa shape index (κ1) is 23.2. The molecule has 2 N–H and O–H groups in total. The van der Waals surface area contributed by atoms with E-state index in [1.165, 1.54) is 16.3 Å². The number of fused-ring (bicyclic) bond motifs is 1. The van der Waals surface area contributed by atoms with Gasteiger partial charge in [-0.2, -0.15) is 0 Å². The quantitative estimate of drug-likeness (QED) is 0.373. The van der Waals surface area contributed by atoms with Crippen molar-refractivity contribution >= 4 is 46.6 Å². The molecule has 27 heavy (non-hydrogen) atoms. The highest BCUT2D eigenvalue weighted by atomic mass is 127. The fraction of sp³-hybridized carbons (Fsp3) is 0.429. The molecule has 0 radical (unpaired) electrons. The third-order valence-electron chi connectivity index (χ3n) is 4.49. The maximum absolute atomic E-state index is 11.9. The minimum atomic E-state index is -0.0198. The number of rotatable bonds is 6. The van der Waals surface area contributed by atoms with Gasteiger partial charge in [0.25, 0.3) is 0 Å². The summed E-state index contributed by atoms with van der Waals surface area (Å²) in [6.07, 6.45) is 0.979. The van der Waals surface area contributed by atoms with E-state index in [4.69, 9.17) is 0 Å². The van der Waals surface area contributed by atoms with Crippen LogP contribution in [0.5, 0.6) is 0 Å². The molecule has 0 fully saturated rings. The highest BCUT2D eigenvalue weighted by molar-refractivity contribution is 14.0. The summed E-state index contributed by atoms with van der Waals surface area (Å²) in [7, 11) is 3.48. The van der Waals surface area contributed by atoms with Crippen molar-refractivity contribution in [3.63, 3.8) is 0 Å². The number of hydrogen-bond donors (Lipinski definition) is 2. The summed E-state index contributed by atoms with van der Waals surface area (Å²) in [5, 5.41) is 9.24. The fourth-order valence-corrected chi connectivity index (χ4v) is 2.52. The molecule has 0 aromatic heterocycles. The topological polar surface area (TPSA) is 56.7 Å². The summed E-state index contributed by atoms with van der Waals surface area (Å²) in [4.78, 5) is 17.9. The Morgan fingerprint density at radius 1 is 1.07 bits per heavy atom. The van der Waals surface area contributed by atoms with Crippen LogP contribution in [0.1, 0.15) is 38.8 Å². The Morgan fingerprint density at radius 2 is 1.74 bits per heavy atom. The van der Waals surface area contributed by atoms with Crippen LogP contribution in [0.3, 0.4) is 0 Å². The molecular weight excluding hydrogens is 451 g/mol. The van der Waals surface area contributed by atoms with E-state index in [0.717, 1.165) is 6.42 Å². The van der Waals surface area contributed by atoms with E-state index in [9.17, 15) is 4.79 Å². The Labute approximate surface area is 179 Å². The molecule has 2 aromatic carbocycles. The average Bonchev–Trinajstić information content (AvgIpc) is 2.64. The van der Waals surface area contributed by atoms with Gasteiger partial charge in [0.05, 0.1) is 6.04 Å². The second-order valence-corrected chi connectivity index (χ2v) is 6.88. The summed E-state index contributed by atoms with van der Waals surface area (Å²) < 4.78 is 0. The van der Waals surface area contributed by atoms with Gasteiger partial charge in [-0.25, -0.2) is 4.99 Å². The Morgan fingerprint density at radius 3 is 2.37 bits per heavy atom. The molecule has 2 aromatic rings. The maximum Gasteiger partial charge on any atom is 0.243 e. The van der Waals surface area contributed by atoms with Crippen molar-refractivity contribution in [2.75, 3.05) is 20.6 Å². The Balaban J connectivity index is 0.00000364. The Bertz CT molecular complexity index is 776. The molecular formula is C21H31IN4O. The molecule has 0 heterocycles. The second-order valence-electron chi connectivity index (χ2n) is 6.88. The zero-order valence-corrected chi connectivity index (χ0v) is 19.2. The van der Waals surface area contributed by atoms with Crippen molar-refractivity contribution in [2.45, 2.75) is 39.3 Å². The van der Waals surface area contributed by atoms with Crippen LogP contribution < -0.4 is 10.6 Å². The SMILES string of the molecule is CCC(C)NC(=NCC(=O)N(C)C)NC(C)c1ccc2ccccc2c1.I. The Hall–Kier alpha value is -1.83. The van der Waals surface area contributed by atoms with Gasteiger partial charge >= 0.3 is 0 Å². The van der Waals surface area contributed by atoms with Crippen LogP contribution in [0.2, 0.25) is 0 Å². The standard InChI is InChI=1S/C21H30N4O.HI/c1-6-15(2)23-21(22-14-20(26)25(4)5)24-16(3)18-12-11-17-9-7-8-10-19(17)13-18;/h7-13,15-16H,6,14H2,1-5H3,(H2,22,23,24);1H. The van der Waals surface area contributed by atoms with Crippen molar-refractivity contribution in [1.82, 2.24) is 15.5 Å². The second kappa shape index (κ2) is 11.1. The molecule has 0 spiro atoms. The van der Waals surface area contributed by atoms with E-state index in [-0.39, 0.29) is 48.5 Å². The molecule has 0 aliphatic heterocycles. The first-order valence-corrected chi connectivity index (χ1v) is 9.17. The summed E-state index contributed by atoms with van der Waals surface area (Å²) in [6, 6.07) is 15.1. The number of aliphatic imine (C=N–C) groups is 1. The van der Waals surface area contributed by atoms with E-state index in [2.05, 4.69) is 72.8 Å². The summed E-state index contributed by atoms with van der Waals surface area (Å²) in [5.41, 5.74) is 1.18. The molecule has 0 saturated heterocycles. The molecule has 0 saturated carbocycles. The van der Waals surface area contributed by atoms with Gasteiger partial charge in [0.2, 0.25) is 5.91 Å². The van der Waals surface area contributed by atoms with Crippen LogP contribution >= 0.6 is 24.0 Å². The number of benzene rings is 2. The lowest BCUT2D eigenvalue weighted by Crippen LogP contribution is -2.43. The summed E-state index contributed by atoms with van der Waals surface area (Å²) in [5.74, 6) is 0.642. The number of carbonyl (C=O) groups excluding carboxylic acids is 1. The molecule has 0 bridgehead atoms. The van der Waals surface area contributed by atoms with Gasteiger partial charge < -0.3 is 15.5 Å². The molecule has 6 heteroatoms. The van der Waals surface area contributed by atoms with Crippen LogP contribution in [0.15, 0.2) is 47.5 Å². The van der Waals surface area contributed by atoms with Crippen molar-refractivity contribution in [3.05, 3.63) is 48.0 Å². The molecule has 2 rings (SSSR count). The van der Waals surface area contributed by atoms with Crippen LogP contribution in [0.25, 0.3) is 10.8 Å². The van der Waals surface area contributed by atoms with Crippen LogP contribution in [0.4, 0.5) is 0 Å². The number of nitrogens with zero attached hydrogens (tertiary/aromatic N) is 2. The predicted octanol–water partition coefficient (Wildman–Crippen LogP) is 3.94. The monoisotopic (exact) mass is 482 g/mol. The van der Waals surface area contributed by atoms with Gasteiger partial charge in [0, 0.05) is 20.1 Å². The predicted molar refractivity (Wildman–Crippen MR) is 125 cm³/mol. The van der Waals surface area contributed by atoms with Gasteiger partial charge in [0.15, 0.2) is 5.96 Å². The molecule has 1 amide bonds. The zero-order valence-electron chi connectivity index (χ0n) is 16.8. The minimum Gasteiger partial charge on any atom is -0.354 e. The number of carbonyl (C=O) groups is 1. The highest BCUT2D eigenvalue weighted by Gasteiger charge is 2.12. The van der Waals surface area contributed by atoms with Crippen molar-refractivity contribution < 1.29 is 4.79 Å². The van der Waals surface area contributed by atoms with Crippen molar-refractivity contribution in [2.24, 2.45) is 4.99 Å². The third-order valence-corrected chi connectivity index (χ3v) is 4.49. The molecule has 5 nitrogen and oxygen atoms in total. The number of amides is 1. The van der Waals surface area contributed by atoms with Crippen LogP contribution in [0, 0.1) is 0 Å². The number of nitrogens with one attached hydrogen (secondary N) is 2. The van der Waals surface area contributed by atoms with Crippen LogP contribution in [-0.4, -0.2) is 43.4 Å². The third kappa shape index (κ3) is 7.01. The van der Waals surface area contributed by atoms with Gasteiger partial charge in [-0.15, -0.1) is 24.0 Å². The molecule has 148 valence electrons. The van der Waals surface area contributed by atoms with E-state index in [1.54, 1.807) is 19.0 Å². The molecule has 0 aliphatic rings. The zero-order chi connectivity index (χ0) is 19.1. The highest BCUT2D eigenvalue weighted by Crippen LogP contribution is 2.20. The van der Waals surface area contributed by atoms with Gasteiger partial charge in [-0.1, -0.05) is 43.3 Å². The number of hydrogen-bond acceptors (Lipinski definition) is 2. The lowest BCUT2D eigenvalue weighted by Gasteiger charge is -2.22. The first-order chi connectivity index (χ1) is 12.4. The van der Waals surface area contributed by atoms with E-state index < -0.39 is 0 Å². The lowest BCUT2D eigenvalue weighted by molar-refractivity contribution is -0.127. The van der Waals surface area contributed by atoms with Crippen molar-refractivity contribution in [1.29, 1.82) is 0 Å². The van der Waals surface area contributed by atoms with E-state index >= 15 is 0 Å². The lowest BCUT2D eigenvalue weighted by atomic mass is 10.0. The molecule has 2 unspecified atom stereocenters. The number of halogens is 1. The van der Waals surface area contributed by atoms with Crippen LogP contribution in [-0.2, 0) is 4.79 Å². The molecule has 0 aliphatic carbocycles. The van der Waals surface area contributed by atoms with Gasteiger partial charge in [0.1, 0.15) is 6.54 Å². The largest absolute Gasteiger partial charge is 0.354 e. The fourth-order valence-electron chi connectivity index (χ4n) is 2.52. The smallest absolute Gasteiger partial charge is 0.243 e. The number of likely N-dealkylation sites (N-methyl/N-ethyl adjacent to an activating group) is 1. The minimum absolute atomic E-state index is 0. The van der Waals surface area contributed by atoms with E-state index in [1.807, 2.05) is 6.07 Å². The average molecular weight is 482 g/mol. The van der Waals surface area contributed by atoms with E-state index in [0.29, 0.717) is 5.96 Å². The van der Waals surface area contributed by atoms with Gasteiger partial charge in [-0.05, 0) is 42.7 Å². The summed E-state index contributed by atoms with van der Waals surface area (Å²) >= 11 is 0. The summed E-state index contributed by atoms with van der Waals surface area (Å²) in [6.45, 7) is 6.45. The van der Waals surface area contributed by atoms with Gasteiger partial charge in [-0.3, -0.25) is 4.79 Å². The molecule has 2 atom stereocenters. The maximum atomic E-state index is 11.9. The van der Waals surface area contributed by atoms with Crippen molar-refractivity contribution in [3.8, 4) is 0 Å². The number of guanidine groups is 1. The normalized spacial score (nSPS) is 13.4. The first-order valence-electron chi connectivity index (χ1n) is 9.17.